The van der Waals surface area contributed by atoms with Crippen LogP contribution in [0, 0.1) is 5.82 Å². The Morgan fingerprint density at radius 3 is 2.86 bits per heavy atom. The molecule has 1 N–H and O–H groups in total. The lowest BCUT2D eigenvalue weighted by atomic mass is 10.0. The van der Waals surface area contributed by atoms with Gasteiger partial charge >= 0.3 is 10.3 Å². The molecule has 2 aromatic carbocycles. The first kappa shape index (κ1) is 13.8. The maximum Gasteiger partial charge on any atom is 0.382 e. The van der Waals surface area contributed by atoms with E-state index in [-0.39, 0.29) is 12.3 Å². The lowest BCUT2D eigenvalue weighted by Crippen LogP contribution is -2.32. The van der Waals surface area contributed by atoms with Gasteiger partial charge in [-0.2, -0.15) is 13.1 Å². The third-order valence-electron chi connectivity index (χ3n) is 3.14. The molecule has 0 saturated heterocycles. The van der Waals surface area contributed by atoms with Gasteiger partial charge in [0.2, 0.25) is 0 Å². The fourth-order valence-corrected chi connectivity index (χ4v) is 3.00. The molecule has 5 nitrogen and oxygen atoms in total. The number of halogens is 1. The number of hydrogen-bond acceptors (Lipinski definition) is 4. The molecule has 0 aromatic heterocycles. The summed E-state index contributed by atoms with van der Waals surface area (Å²) in [6.45, 7) is -0.00754. The second-order valence-electron chi connectivity index (χ2n) is 4.53. The molecule has 7 heteroatoms. The lowest BCUT2D eigenvalue weighted by molar-refractivity contribution is 0.415. The average molecular weight is 309 g/mol. The highest BCUT2D eigenvalue weighted by atomic mass is 32.2. The van der Waals surface area contributed by atoms with Crippen molar-refractivity contribution in [3.05, 3.63) is 47.8 Å². The van der Waals surface area contributed by atoms with Gasteiger partial charge in [0.15, 0.2) is 5.75 Å². The van der Waals surface area contributed by atoms with Crippen molar-refractivity contribution in [3.8, 4) is 22.6 Å². The molecule has 21 heavy (non-hydrogen) atoms. The molecule has 0 unspecified atom stereocenters. The van der Waals surface area contributed by atoms with Gasteiger partial charge in [0.05, 0.1) is 7.11 Å². The molecule has 0 saturated carbocycles. The molecule has 3 rings (SSSR count). The Labute approximate surface area is 121 Å². The average Bonchev–Trinajstić information content (AvgIpc) is 2.46. The van der Waals surface area contributed by atoms with E-state index >= 15 is 0 Å². The van der Waals surface area contributed by atoms with Crippen LogP contribution in [-0.4, -0.2) is 15.5 Å². The first-order valence-electron chi connectivity index (χ1n) is 6.14. The van der Waals surface area contributed by atoms with E-state index in [0.717, 1.165) is 0 Å². The van der Waals surface area contributed by atoms with Crippen LogP contribution < -0.4 is 13.6 Å². The predicted molar refractivity (Wildman–Crippen MR) is 74.8 cm³/mol. The van der Waals surface area contributed by atoms with E-state index in [4.69, 9.17) is 8.92 Å². The third-order valence-corrected chi connectivity index (χ3v) is 4.03. The summed E-state index contributed by atoms with van der Waals surface area (Å²) >= 11 is 0. The minimum atomic E-state index is -3.86. The van der Waals surface area contributed by atoms with E-state index in [9.17, 15) is 12.8 Å². The molecule has 0 aliphatic carbocycles. The van der Waals surface area contributed by atoms with E-state index in [1.807, 2.05) is 0 Å². The zero-order chi connectivity index (χ0) is 15.0. The van der Waals surface area contributed by atoms with Gasteiger partial charge in [0.25, 0.3) is 0 Å². The molecule has 0 atom stereocenters. The predicted octanol–water partition coefficient (Wildman–Crippen LogP) is 2.23. The Balaban J connectivity index is 2.20. The number of rotatable bonds is 2. The van der Waals surface area contributed by atoms with Crippen molar-refractivity contribution in [2.24, 2.45) is 0 Å². The zero-order valence-corrected chi connectivity index (χ0v) is 11.9. The number of methoxy groups -OCH3 is 1. The summed E-state index contributed by atoms with van der Waals surface area (Å²) in [5.74, 6) is 0.266. The number of benzene rings is 2. The summed E-state index contributed by atoms with van der Waals surface area (Å²) in [5.41, 5.74) is 1.43. The Bertz CT molecular complexity index is 805. The Morgan fingerprint density at radius 2 is 2.10 bits per heavy atom. The van der Waals surface area contributed by atoms with Gasteiger partial charge in [0, 0.05) is 17.7 Å². The molecule has 1 heterocycles. The zero-order valence-electron chi connectivity index (χ0n) is 11.1. The Kier molecular flexibility index (Phi) is 3.30. The smallest absolute Gasteiger partial charge is 0.382 e. The van der Waals surface area contributed by atoms with E-state index in [0.29, 0.717) is 22.4 Å². The van der Waals surface area contributed by atoms with Gasteiger partial charge in [-0.15, -0.1) is 0 Å². The molecule has 0 bridgehead atoms. The van der Waals surface area contributed by atoms with Crippen LogP contribution in [0.1, 0.15) is 5.56 Å². The summed E-state index contributed by atoms with van der Waals surface area (Å²) in [6, 6.07) is 9.40. The van der Waals surface area contributed by atoms with Crippen LogP contribution in [0.15, 0.2) is 36.4 Å². The lowest BCUT2D eigenvalue weighted by Gasteiger charge is -2.21. The number of hydrogen-bond donors (Lipinski definition) is 1. The SMILES string of the molecule is COc1cccc(-c2cc(F)cc3c2OS(=O)(=O)NC3)c1. The van der Waals surface area contributed by atoms with Crippen molar-refractivity contribution in [2.45, 2.75) is 6.54 Å². The van der Waals surface area contributed by atoms with E-state index in [2.05, 4.69) is 4.72 Å². The summed E-state index contributed by atoms with van der Waals surface area (Å²) in [7, 11) is -2.34. The molecule has 0 amide bonds. The third kappa shape index (κ3) is 2.70. The van der Waals surface area contributed by atoms with Gasteiger partial charge in [-0.1, -0.05) is 12.1 Å². The maximum atomic E-state index is 13.8. The van der Waals surface area contributed by atoms with Crippen LogP contribution in [0.25, 0.3) is 11.1 Å². The van der Waals surface area contributed by atoms with Crippen LogP contribution in [0.2, 0.25) is 0 Å². The quantitative estimate of drug-likeness (QED) is 0.924. The topological polar surface area (TPSA) is 64.6 Å². The van der Waals surface area contributed by atoms with Crippen LogP contribution in [-0.2, 0) is 16.8 Å². The largest absolute Gasteiger partial charge is 0.497 e. The van der Waals surface area contributed by atoms with Crippen LogP contribution in [0.5, 0.6) is 11.5 Å². The summed E-state index contributed by atoms with van der Waals surface area (Å²) in [5, 5.41) is 0. The molecule has 2 aromatic rings. The van der Waals surface area contributed by atoms with Gasteiger partial charge in [0.1, 0.15) is 11.6 Å². The highest BCUT2D eigenvalue weighted by molar-refractivity contribution is 7.85. The first-order valence-corrected chi connectivity index (χ1v) is 7.55. The molecular formula is C14H12FNO4S. The minimum absolute atomic E-state index is 0.00754. The van der Waals surface area contributed by atoms with Crippen molar-refractivity contribution in [1.29, 1.82) is 0 Å². The maximum absolute atomic E-state index is 13.8. The summed E-state index contributed by atoms with van der Waals surface area (Å²) in [4.78, 5) is 0. The normalized spacial score (nSPS) is 15.9. The van der Waals surface area contributed by atoms with Crippen molar-refractivity contribution in [2.75, 3.05) is 7.11 Å². The van der Waals surface area contributed by atoms with Crippen molar-refractivity contribution in [3.63, 3.8) is 0 Å². The Morgan fingerprint density at radius 1 is 1.29 bits per heavy atom. The number of nitrogens with one attached hydrogen (secondary N) is 1. The van der Waals surface area contributed by atoms with Crippen LogP contribution in [0.3, 0.4) is 0 Å². The van der Waals surface area contributed by atoms with E-state index in [1.54, 1.807) is 24.3 Å². The van der Waals surface area contributed by atoms with Crippen LogP contribution >= 0.6 is 0 Å². The molecular weight excluding hydrogens is 297 g/mol. The van der Waals surface area contributed by atoms with Crippen molar-refractivity contribution >= 4 is 10.3 Å². The molecule has 1 aliphatic rings. The van der Waals surface area contributed by atoms with Gasteiger partial charge in [-0.3, -0.25) is 0 Å². The van der Waals surface area contributed by atoms with Crippen LogP contribution in [0.4, 0.5) is 4.39 Å². The molecule has 110 valence electrons. The van der Waals surface area contributed by atoms with Crippen molar-refractivity contribution in [1.82, 2.24) is 4.72 Å². The standard InChI is InChI=1S/C14H12FNO4S/c1-19-12-4-2-3-9(6-12)13-7-11(15)5-10-8-16-21(17,18)20-14(10)13/h2-7,16H,8H2,1H3. The number of fused-ring (bicyclic) bond motifs is 1. The van der Waals surface area contributed by atoms with E-state index in [1.165, 1.54) is 19.2 Å². The summed E-state index contributed by atoms with van der Waals surface area (Å²) < 4.78 is 49.2. The van der Waals surface area contributed by atoms with Gasteiger partial charge < -0.3 is 8.92 Å². The monoisotopic (exact) mass is 309 g/mol. The fourth-order valence-electron chi connectivity index (χ4n) is 2.19. The first-order chi connectivity index (χ1) is 9.98. The highest BCUT2D eigenvalue weighted by Gasteiger charge is 2.26. The highest BCUT2D eigenvalue weighted by Crippen LogP contribution is 2.38. The van der Waals surface area contributed by atoms with Crippen molar-refractivity contribution < 1.29 is 21.7 Å². The molecule has 1 aliphatic heterocycles. The number of ether oxygens (including phenoxy) is 1. The van der Waals surface area contributed by atoms with Gasteiger partial charge in [-0.05, 0) is 29.8 Å². The Hall–Kier alpha value is -2.12. The van der Waals surface area contributed by atoms with E-state index < -0.39 is 16.1 Å². The summed E-state index contributed by atoms with van der Waals surface area (Å²) in [6.07, 6.45) is 0. The second-order valence-corrected chi connectivity index (χ2v) is 5.90. The minimum Gasteiger partial charge on any atom is -0.497 e. The molecule has 0 fully saturated rings. The fraction of sp³-hybridized carbons (Fsp3) is 0.143. The van der Waals surface area contributed by atoms with Gasteiger partial charge in [-0.25, -0.2) is 4.39 Å². The molecule has 0 radical (unpaired) electrons. The second kappa shape index (κ2) is 5.01. The molecule has 0 spiro atoms.